The lowest BCUT2D eigenvalue weighted by Gasteiger charge is -2.32. The van der Waals surface area contributed by atoms with E-state index in [1.807, 2.05) is 0 Å². The summed E-state index contributed by atoms with van der Waals surface area (Å²) in [4.78, 5) is 15.4. The normalized spacial score (nSPS) is 19.4. The van der Waals surface area contributed by atoms with Gasteiger partial charge in [0, 0.05) is 5.69 Å². The molecule has 0 unspecified atom stereocenters. The van der Waals surface area contributed by atoms with E-state index in [1.165, 1.54) is 24.8 Å². The van der Waals surface area contributed by atoms with Gasteiger partial charge in [-0.3, -0.25) is 9.69 Å². The van der Waals surface area contributed by atoms with Crippen molar-refractivity contribution < 1.29 is 32.2 Å². The number of alkyl halides is 3. The molecule has 2 aliphatic heterocycles. The van der Waals surface area contributed by atoms with Gasteiger partial charge in [-0.25, -0.2) is 4.39 Å². The number of ether oxygens (including phenoxy) is 1. The van der Waals surface area contributed by atoms with Gasteiger partial charge in [0.05, 0.1) is 36.2 Å². The van der Waals surface area contributed by atoms with Crippen LogP contribution >= 0.6 is 12.2 Å². The van der Waals surface area contributed by atoms with Crippen LogP contribution in [0.1, 0.15) is 25.0 Å². The van der Waals surface area contributed by atoms with Crippen molar-refractivity contribution in [2.45, 2.75) is 31.7 Å². The molecule has 2 aliphatic rings. The lowest BCUT2D eigenvalue weighted by Crippen LogP contribution is -2.44. The Labute approximate surface area is 197 Å². The topological polar surface area (TPSA) is 88.8 Å². The van der Waals surface area contributed by atoms with E-state index in [-0.39, 0.29) is 11.7 Å². The minimum absolute atomic E-state index is 0.184. The Morgan fingerprint density at radius 2 is 2.03 bits per heavy atom. The molecule has 2 aromatic carbocycles. The molecular formula is C22H18F4N4O3S. The molecule has 0 aliphatic carbocycles. The molecule has 12 heteroatoms. The number of carbonyl (C=O) groups excluding carboxylic acids is 1. The summed E-state index contributed by atoms with van der Waals surface area (Å²) < 4.78 is 61.2. The van der Waals surface area contributed by atoms with Gasteiger partial charge in [-0.2, -0.15) is 18.4 Å². The Morgan fingerprint density at radius 3 is 2.65 bits per heavy atom. The number of aliphatic hydroxyl groups excluding tert-OH is 1. The van der Waals surface area contributed by atoms with Crippen LogP contribution in [0.15, 0.2) is 30.3 Å². The third-order valence-corrected chi connectivity index (χ3v) is 6.04. The average molecular weight is 494 g/mol. The molecule has 2 aromatic rings. The van der Waals surface area contributed by atoms with E-state index >= 15 is 4.39 Å². The molecule has 0 saturated carbocycles. The van der Waals surface area contributed by atoms with Gasteiger partial charge in [0.15, 0.2) is 10.9 Å². The maximum Gasteiger partial charge on any atom is 0.420 e. The van der Waals surface area contributed by atoms with Crippen LogP contribution in [0.3, 0.4) is 0 Å². The van der Waals surface area contributed by atoms with E-state index in [2.05, 4.69) is 5.32 Å². The van der Waals surface area contributed by atoms with Crippen molar-refractivity contribution in [3.05, 3.63) is 47.3 Å². The first-order valence-electron chi connectivity index (χ1n) is 10.1. The lowest BCUT2D eigenvalue weighted by atomic mass is 10.0. The largest absolute Gasteiger partial charge is 0.484 e. The van der Waals surface area contributed by atoms with Gasteiger partial charge in [-0.05, 0) is 56.4 Å². The van der Waals surface area contributed by atoms with Crippen LogP contribution in [0.4, 0.5) is 34.6 Å². The summed E-state index contributed by atoms with van der Waals surface area (Å²) >= 11 is 5.44. The maximum absolute atomic E-state index is 15.1. The minimum Gasteiger partial charge on any atom is -0.484 e. The fourth-order valence-electron chi connectivity index (χ4n) is 3.99. The number of thiocarbonyl (C=S) groups is 1. The summed E-state index contributed by atoms with van der Waals surface area (Å²) in [5.74, 6) is -2.03. The van der Waals surface area contributed by atoms with Crippen molar-refractivity contribution in [1.82, 2.24) is 0 Å². The van der Waals surface area contributed by atoms with Gasteiger partial charge in [0.25, 0.3) is 5.91 Å². The summed E-state index contributed by atoms with van der Waals surface area (Å²) in [5.41, 5.74) is -3.73. The molecule has 0 bridgehead atoms. The number of carbonyl (C=O) groups is 1. The lowest BCUT2D eigenvalue weighted by molar-refractivity contribution is -0.140. The predicted molar refractivity (Wildman–Crippen MR) is 119 cm³/mol. The molecule has 0 radical (unpaired) electrons. The second kappa shape index (κ2) is 8.11. The molecular weight excluding hydrogens is 476 g/mol. The Bertz CT molecular complexity index is 1240. The summed E-state index contributed by atoms with van der Waals surface area (Å²) in [7, 11) is 0. The standard InChI is InChI=1S/C22H18F4N4O3S/c1-21(2)19(32)29(15-5-3-11(8-27)17(18(15)23)22(24,25)26)20(34)30(21)12-4-6-16-14(7-12)28-9-13(10-31)33-16/h3-7,13,28,31H,9-10H2,1-2H3/t13-/m0/s1. The second-order valence-corrected chi connectivity index (χ2v) is 8.60. The molecule has 34 heavy (non-hydrogen) atoms. The first kappa shape index (κ1) is 23.7. The Kier molecular flexibility index (Phi) is 5.65. The highest BCUT2D eigenvalue weighted by atomic mass is 32.1. The number of nitriles is 1. The third kappa shape index (κ3) is 3.61. The number of hydrogen-bond donors (Lipinski definition) is 2. The first-order valence-corrected chi connectivity index (χ1v) is 10.5. The minimum atomic E-state index is -5.15. The number of halogens is 4. The van der Waals surface area contributed by atoms with E-state index in [0.717, 1.165) is 12.1 Å². The zero-order valence-corrected chi connectivity index (χ0v) is 18.7. The zero-order valence-electron chi connectivity index (χ0n) is 17.9. The number of nitrogens with one attached hydrogen (secondary N) is 1. The highest BCUT2D eigenvalue weighted by molar-refractivity contribution is 7.81. The molecule has 0 spiro atoms. The first-order chi connectivity index (χ1) is 15.9. The smallest absolute Gasteiger partial charge is 0.420 e. The van der Waals surface area contributed by atoms with Crippen molar-refractivity contribution in [3.8, 4) is 11.8 Å². The van der Waals surface area contributed by atoms with Crippen LogP contribution in [0.5, 0.6) is 5.75 Å². The molecule has 7 nitrogen and oxygen atoms in total. The molecule has 1 amide bonds. The van der Waals surface area contributed by atoms with Crippen LogP contribution in [0.2, 0.25) is 0 Å². The van der Waals surface area contributed by atoms with Gasteiger partial charge in [-0.1, -0.05) is 0 Å². The quantitative estimate of drug-likeness (QED) is 0.496. The number of hydrogen-bond acceptors (Lipinski definition) is 6. The molecule has 2 N–H and O–H groups in total. The molecule has 0 aromatic heterocycles. The van der Waals surface area contributed by atoms with Gasteiger partial charge < -0.3 is 20.1 Å². The van der Waals surface area contributed by atoms with Crippen molar-refractivity contribution in [2.75, 3.05) is 28.3 Å². The van der Waals surface area contributed by atoms with Gasteiger partial charge >= 0.3 is 6.18 Å². The number of anilines is 3. The Balaban J connectivity index is 1.78. The summed E-state index contributed by atoms with van der Waals surface area (Å²) in [6, 6.07) is 7.92. The van der Waals surface area contributed by atoms with E-state index in [0.29, 0.717) is 28.6 Å². The van der Waals surface area contributed by atoms with Crippen molar-refractivity contribution in [3.63, 3.8) is 0 Å². The molecule has 2 heterocycles. The summed E-state index contributed by atoms with van der Waals surface area (Å²) in [5, 5.41) is 21.2. The molecule has 1 saturated heterocycles. The SMILES string of the molecule is CC1(C)C(=O)N(c2ccc(C#N)c(C(F)(F)F)c2F)C(=S)N1c1ccc2c(c1)NC[C@@H](CO)O2. The summed E-state index contributed by atoms with van der Waals surface area (Å²) in [6.45, 7) is 3.18. The molecule has 1 atom stereocenters. The Morgan fingerprint density at radius 1 is 1.32 bits per heavy atom. The highest BCUT2D eigenvalue weighted by Gasteiger charge is 2.52. The third-order valence-electron chi connectivity index (χ3n) is 5.67. The fourth-order valence-corrected chi connectivity index (χ4v) is 4.51. The van der Waals surface area contributed by atoms with E-state index in [9.17, 15) is 23.1 Å². The van der Waals surface area contributed by atoms with E-state index in [4.69, 9.17) is 22.2 Å². The number of fused-ring (bicyclic) bond motifs is 1. The van der Waals surface area contributed by atoms with Crippen molar-refractivity contribution >= 4 is 40.3 Å². The fraction of sp³-hybridized carbons (Fsp3) is 0.318. The zero-order chi connectivity index (χ0) is 25.0. The van der Waals surface area contributed by atoms with E-state index in [1.54, 1.807) is 18.2 Å². The maximum atomic E-state index is 15.1. The number of aliphatic hydroxyl groups is 1. The molecule has 1 fully saturated rings. The van der Waals surface area contributed by atoms with Gasteiger partial charge in [-0.15, -0.1) is 0 Å². The van der Waals surface area contributed by atoms with Crippen LogP contribution in [-0.2, 0) is 11.0 Å². The van der Waals surface area contributed by atoms with Gasteiger partial charge in [0.2, 0.25) is 0 Å². The molecule has 178 valence electrons. The van der Waals surface area contributed by atoms with Crippen LogP contribution < -0.4 is 19.9 Å². The number of benzene rings is 2. The number of amides is 1. The Hall–Kier alpha value is -3.43. The second-order valence-electron chi connectivity index (χ2n) is 8.23. The highest BCUT2D eigenvalue weighted by Crippen LogP contribution is 2.43. The van der Waals surface area contributed by atoms with Gasteiger partial charge in [0.1, 0.15) is 23.0 Å². The average Bonchev–Trinajstić information content (AvgIpc) is 2.95. The van der Waals surface area contributed by atoms with Crippen LogP contribution in [-0.4, -0.2) is 40.9 Å². The monoisotopic (exact) mass is 494 g/mol. The summed E-state index contributed by atoms with van der Waals surface area (Å²) in [6.07, 6.45) is -5.58. The number of nitrogens with zero attached hydrogens (tertiary/aromatic N) is 3. The number of rotatable bonds is 3. The predicted octanol–water partition coefficient (Wildman–Crippen LogP) is 3.80. The molecule has 4 rings (SSSR count). The van der Waals surface area contributed by atoms with Crippen molar-refractivity contribution in [1.29, 1.82) is 5.26 Å². The van der Waals surface area contributed by atoms with E-state index < -0.39 is 46.4 Å². The van der Waals surface area contributed by atoms with Crippen LogP contribution in [0.25, 0.3) is 0 Å². The van der Waals surface area contributed by atoms with Crippen molar-refractivity contribution in [2.24, 2.45) is 0 Å². The van der Waals surface area contributed by atoms with Crippen LogP contribution in [0, 0.1) is 17.1 Å².